The number of pyridine rings is 1. The summed E-state index contributed by atoms with van der Waals surface area (Å²) < 4.78 is 5.30. The zero-order chi connectivity index (χ0) is 13.2. The van der Waals surface area contributed by atoms with Gasteiger partial charge in [0.1, 0.15) is 5.75 Å². The molecular formula is C15H23N3O. The lowest BCUT2D eigenvalue weighted by atomic mass is 9.84. The molecule has 0 aliphatic carbocycles. The predicted octanol–water partition coefficient (Wildman–Crippen LogP) is 1.58. The first-order valence-corrected chi connectivity index (χ1v) is 7.22. The van der Waals surface area contributed by atoms with Crippen LogP contribution in [0.3, 0.4) is 0 Å². The molecule has 2 bridgehead atoms. The van der Waals surface area contributed by atoms with Crippen LogP contribution in [0.25, 0.3) is 0 Å². The lowest BCUT2D eigenvalue weighted by Gasteiger charge is -2.45. The molecule has 4 heterocycles. The SMILES string of the molecule is COc1cc(C)nc(CNC2CN3CCC2CC3)c1. The number of ether oxygens (including phenoxy) is 1. The third-order valence-corrected chi connectivity index (χ3v) is 4.42. The van der Waals surface area contributed by atoms with Crippen LogP contribution in [0.4, 0.5) is 0 Å². The molecule has 0 spiro atoms. The topological polar surface area (TPSA) is 37.4 Å². The summed E-state index contributed by atoms with van der Waals surface area (Å²) in [7, 11) is 1.71. The van der Waals surface area contributed by atoms with Gasteiger partial charge in [-0.2, -0.15) is 0 Å². The number of aromatic nitrogens is 1. The molecule has 19 heavy (non-hydrogen) atoms. The highest BCUT2D eigenvalue weighted by Crippen LogP contribution is 2.27. The molecule has 4 heteroatoms. The van der Waals surface area contributed by atoms with Crippen LogP contribution < -0.4 is 10.1 Å². The molecule has 4 rings (SSSR count). The minimum atomic E-state index is 0.635. The maximum absolute atomic E-state index is 5.30. The van der Waals surface area contributed by atoms with Gasteiger partial charge in [0.25, 0.3) is 0 Å². The molecule has 1 unspecified atom stereocenters. The van der Waals surface area contributed by atoms with Crippen LogP contribution in [0.2, 0.25) is 0 Å². The van der Waals surface area contributed by atoms with Crippen molar-refractivity contribution < 1.29 is 4.74 Å². The summed E-state index contributed by atoms with van der Waals surface area (Å²) in [5, 5.41) is 3.69. The van der Waals surface area contributed by atoms with Crippen molar-refractivity contribution in [2.24, 2.45) is 5.92 Å². The monoisotopic (exact) mass is 261 g/mol. The van der Waals surface area contributed by atoms with E-state index in [9.17, 15) is 0 Å². The normalized spacial score (nSPS) is 29.5. The van der Waals surface area contributed by atoms with E-state index in [-0.39, 0.29) is 0 Å². The van der Waals surface area contributed by atoms with E-state index in [1.165, 1.54) is 32.5 Å². The van der Waals surface area contributed by atoms with Crippen LogP contribution >= 0.6 is 0 Å². The smallest absolute Gasteiger partial charge is 0.122 e. The summed E-state index contributed by atoms with van der Waals surface area (Å²) in [5.74, 6) is 1.76. The molecule has 1 aromatic rings. The van der Waals surface area contributed by atoms with E-state index in [4.69, 9.17) is 4.74 Å². The van der Waals surface area contributed by atoms with E-state index in [1.54, 1.807) is 7.11 Å². The molecule has 1 N–H and O–H groups in total. The van der Waals surface area contributed by atoms with E-state index in [0.717, 1.165) is 29.6 Å². The minimum Gasteiger partial charge on any atom is -0.497 e. The average Bonchev–Trinajstić information content (AvgIpc) is 2.46. The summed E-state index contributed by atoms with van der Waals surface area (Å²) in [5.41, 5.74) is 2.10. The van der Waals surface area contributed by atoms with Gasteiger partial charge >= 0.3 is 0 Å². The van der Waals surface area contributed by atoms with E-state index in [2.05, 4.69) is 15.2 Å². The van der Waals surface area contributed by atoms with Crippen molar-refractivity contribution >= 4 is 0 Å². The molecule has 3 saturated heterocycles. The highest BCUT2D eigenvalue weighted by Gasteiger charge is 2.33. The van der Waals surface area contributed by atoms with Gasteiger partial charge in [-0.15, -0.1) is 0 Å². The lowest BCUT2D eigenvalue weighted by molar-refractivity contribution is 0.0718. The van der Waals surface area contributed by atoms with Gasteiger partial charge in [0, 0.05) is 37.0 Å². The van der Waals surface area contributed by atoms with Gasteiger partial charge in [-0.25, -0.2) is 0 Å². The highest BCUT2D eigenvalue weighted by atomic mass is 16.5. The number of rotatable bonds is 4. The van der Waals surface area contributed by atoms with Gasteiger partial charge in [-0.05, 0) is 38.8 Å². The molecular weight excluding hydrogens is 238 g/mol. The first kappa shape index (κ1) is 12.9. The quantitative estimate of drug-likeness (QED) is 0.893. The Kier molecular flexibility index (Phi) is 3.71. The van der Waals surface area contributed by atoms with Gasteiger partial charge in [0.05, 0.1) is 12.8 Å². The number of hydrogen-bond acceptors (Lipinski definition) is 4. The molecule has 4 nitrogen and oxygen atoms in total. The second kappa shape index (κ2) is 5.47. The third kappa shape index (κ3) is 2.90. The van der Waals surface area contributed by atoms with Crippen molar-refractivity contribution in [3.63, 3.8) is 0 Å². The van der Waals surface area contributed by atoms with Crippen molar-refractivity contribution in [1.82, 2.24) is 15.2 Å². The van der Waals surface area contributed by atoms with Crippen LogP contribution in [0.5, 0.6) is 5.75 Å². The van der Waals surface area contributed by atoms with E-state index in [1.807, 2.05) is 19.1 Å². The average molecular weight is 261 g/mol. The molecule has 0 amide bonds. The molecule has 1 aromatic heterocycles. The number of nitrogens with zero attached hydrogens (tertiary/aromatic N) is 2. The van der Waals surface area contributed by atoms with Gasteiger partial charge in [0.2, 0.25) is 0 Å². The first-order valence-electron chi connectivity index (χ1n) is 7.22. The molecule has 0 saturated carbocycles. The Balaban J connectivity index is 1.61. The Bertz CT molecular complexity index is 441. The molecule has 1 atom stereocenters. The Morgan fingerprint density at radius 3 is 2.79 bits per heavy atom. The fourth-order valence-corrected chi connectivity index (χ4v) is 3.34. The van der Waals surface area contributed by atoms with Crippen molar-refractivity contribution in [2.75, 3.05) is 26.7 Å². The summed E-state index contributed by atoms with van der Waals surface area (Å²) in [6.07, 6.45) is 2.70. The summed E-state index contributed by atoms with van der Waals surface area (Å²) in [4.78, 5) is 7.14. The summed E-state index contributed by atoms with van der Waals surface area (Å²) >= 11 is 0. The Morgan fingerprint density at radius 1 is 1.37 bits per heavy atom. The van der Waals surface area contributed by atoms with Gasteiger partial charge in [-0.1, -0.05) is 0 Å². The highest BCUT2D eigenvalue weighted by molar-refractivity contribution is 5.26. The number of hydrogen-bond donors (Lipinski definition) is 1. The van der Waals surface area contributed by atoms with Crippen LogP contribution in [0.1, 0.15) is 24.2 Å². The number of fused-ring (bicyclic) bond motifs is 3. The molecule has 0 radical (unpaired) electrons. The van der Waals surface area contributed by atoms with E-state index < -0.39 is 0 Å². The third-order valence-electron chi connectivity index (χ3n) is 4.42. The lowest BCUT2D eigenvalue weighted by Crippen LogP contribution is -2.55. The minimum absolute atomic E-state index is 0.635. The van der Waals surface area contributed by atoms with Gasteiger partial charge in [-0.3, -0.25) is 4.98 Å². The zero-order valence-corrected chi connectivity index (χ0v) is 11.9. The zero-order valence-electron chi connectivity index (χ0n) is 11.9. The fourth-order valence-electron chi connectivity index (χ4n) is 3.34. The van der Waals surface area contributed by atoms with E-state index in [0.29, 0.717) is 6.04 Å². The molecule has 3 fully saturated rings. The Hall–Kier alpha value is -1.13. The molecule has 3 aliphatic heterocycles. The molecule has 0 aromatic carbocycles. The van der Waals surface area contributed by atoms with Gasteiger partial charge in [0.15, 0.2) is 0 Å². The van der Waals surface area contributed by atoms with Crippen molar-refractivity contribution in [3.05, 3.63) is 23.5 Å². The van der Waals surface area contributed by atoms with Crippen LogP contribution in [-0.2, 0) is 6.54 Å². The largest absolute Gasteiger partial charge is 0.497 e. The predicted molar refractivity (Wildman–Crippen MR) is 75.3 cm³/mol. The first-order chi connectivity index (χ1) is 9.24. The fraction of sp³-hybridized carbons (Fsp3) is 0.667. The van der Waals surface area contributed by atoms with Crippen molar-refractivity contribution in [3.8, 4) is 5.75 Å². The number of aryl methyl sites for hydroxylation is 1. The van der Waals surface area contributed by atoms with Crippen molar-refractivity contribution in [1.29, 1.82) is 0 Å². The Morgan fingerprint density at radius 2 is 2.16 bits per heavy atom. The molecule has 3 aliphatic rings. The number of methoxy groups -OCH3 is 1. The number of piperidine rings is 3. The molecule has 104 valence electrons. The maximum Gasteiger partial charge on any atom is 0.122 e. The van der Waals surface area contributed by atoms with E-state index >= 15 is 0 Å². The van der Waals surface area contributed by atoms with Crippen LogP contribution in [-0.4, -0.2) is 42.7 Å². The van der Waals surface area contributed by atoms with Gasteiger partial charge < -0.3 is 15.0 Å². The second-order valence-corrected chi connectivity index (χ2v) is 5.77. The summed E-state index contributed by atoms with van der Waals surface area (Å²) in [6, 6.07) is 4.63. The Labute approximate surface area is 115 Å². The second-order valence-electron chi connectivity index (χ2n) is 5.77. The number of nitrogens with one attached hydrogen (secondary N) is 1. The van der Waals surface area contributed by atoms with Crippen LogP contribution in [0, 0.1) is 12.8 Å². The summed E-state index contributed by atoms with van der Waals surface area (Å²) in [6.45, 7) is 6.64. The van der Waals surface area contributed by atoms with Crippen LogP contribution in [0.15, 0.2) is 12.1 Å². The standard InChI is InChI=1S/C15H23N3O/c1-11-7-14(19-2)8-13(17-11)9-16-15-10-18-5-3-12(15)4-6-18/h7-8,12,15-16H,3-6,9-10H2,1-2H3. The van der Waals surface area contributed by atoms with Crippen molar-refractivity contribution in [2.45, 2.75) is 32.4 Å². The maximum atomic E-state index is 5.30.